The Morgan fingerprint density at radius 1 is 1.10 bits per heavy atom. The predicted octanol–water partition coefficient (Wildman–Crippen LogP) is 5.11. The van der Waals surface area contributed by atoms with Crippen LogP contribution in [0.25, 0.3) is 0 Å². The van der Waals surface area contributed by atoms with Gasteiger partial charge in [-0.3, -0.25) is 4.79 Å². The highest BCUT2D eigenvalue weighted by molar-refractivity contribution is 7.88. The fraction of sp³-hybridized carbons (Fsp3) is 0.435. The van der Waals surface area contributed by atoms with Crippen molar-refractivity contribution in [2.45, 2.75) is 44.9 Å². The minimum atomic E-state index is -3.57. The number of piperidine rings is 1. The van der Waals surface area contributed by atoms with Crippen LogP contribution in [0.15, 0.2) is 42.5 Å². The lowest BCUT2D eigenvalue weighted by Crippen LogP contribution is -2.44. The zero-order valence-corrected chi connectivity index (χ0v) is 20.1. The number of nitrogens with one attached hydrogen (secondary N) is 1. The van der Waals surface area contributed by atoms with Crippen LogP contribution in [0.3, 0.4) is 0 Å². The Balaban J connectivity index is 1.59. The number of carbonyl (C=O) groups excluding carboxylic acids is 1. The third kappa shape index (κ3) is 6.01. The average Bonchev–Trinajstić information content (AvgIpc) is 2.75. The maximum atomic E-state index is 12.9. The lowest BCUT2D eigenvalue weighted by molar-refractivity contribution is -0.126. The largest absolute Gasteiger partial charge is 0.349 e. The molecule has 1 saturated heterocycles. The van der Waals surface area contributed by atoms with Gasteiger partial charge < -0.3 is 5.32 Å². The molecule has 1 aliphatic heterocycles. The molecule has 1 atom stereocenters. The summed E-state index contributed by atoms with van der Waals surface area (Å²) in [6.07, 6.45) is 1.78. The molecule has 1 N–H and O–H groups in total. The highest BCUT2D eigenvalue weighted by Gasteiger charge is 2.32. The van der Waals surface area contributed by atoms with Gasteiger partial charge in [0.1, 0.15) is 0 Å². The number of amides is 1. The standard InChI is InChI=1S/C23H28Cl2N2O3S/c1-3-22(17-9-7-16(2)8-10-17)26-23(28)18-11-13-27(14-12-18)31(29,30)15-19-20(24)5-4-6-21(19)25/h4-10,18,22H,3,11-15H2,1-2H3,(H,26,28)/t22-/m0/s1. The van der Waals surface area contributed by atoms with Gasteiger partial charge in [-0.25, -0.2) is 12.7 Å². The first-order chi connectivity index (χ1) is 14.7. The molecule has 0 bridgehead atoms. The number of sulfonamides is 1. The van der Waals surface area contributed by atoms with Crippen LogP contribution in [0, 0.1) is 12.8 Å². The van der Waals surface area contributed by atoms with Crippen molar-refractivity contribution >= 4 is 39.1 Å². The molecule has 3 rings (SSSR count). The SMILES string of the molecule is CC[C@H](NC(=O)C1CCN(S(=O)(=O)Cc2c(Cl)cccc2Cl)CC1)c1ccc(C)cc1. The van der Waals surface area contributed by atoms with E-state index in [9.17, 15) is 13.2 Å². The highest BCUT2D eigenvalue weighted by Crippen LogP contribution is 2.29. The first-order valence-electron chi connectivity index (χ1n) is 10.5. The number of benzene rings is 2. The molecule has 1 heterocycles. The Labute approximate surface area is 194 Å². The van der Waals surface area contributed by atoms with E-state index in [1.165, 1.54) is 9.87 Å². The van der Waals surface area contributed by atoms with Crippen molar-refractivity contribution in [3.63, 3.8) is 0 Å². The lowest BCUT2D eigenvalue weighted by atomic mass is 9.95. The molecule has 31 heavy (non-hydrogen) atoms. The van der Waals surface area contributed by atoms with Crippen LogP contribution in [-0.4, -0.2) is 31.7 Å². The van der Waals surface area contributed by atoms with Gasteiger partial charge >= 0.3 is 0 Å². The van der Waals surface area contributed by atoms with Crippen molar-refractivity contribution in [1.82, 2.24) is 9.62 Å². The lowest BCUT2D eigenvalue weighted by Gasteiger charge is -2.31. The first-order valence-corrected chi connectivity index (χ1v) is 12.9. The van der Waals surface area contributed by atoms with Gasteiger partial charge in [0.15, 0.2) is 0 Å². The fourth-order valence-electron chi connectivity index (χ4n) is 3.85. The summed E-state index contributed by atoms with van der Waals surface area (Å²) in [7, 11) is -3.57. The van der Waals surface area contributed by atoms with E-state index in [2.05, 4.69) is 5.32 Å². The second kappa shape index (κ2) is 10.3. The van der Waals surface area contributed by atoms with E-state index in [0.29, 0.717) is 41.5 Å². The zero-order chi connectivity index (χ0) is 22.6. The second-order valence-electron chi connectivity index (χ2n) is 8.01. The summed E-state index contributed by atoms with van der Waals surface area (Å²) in [5, 5.41) is 3.82. The molecule has 0 aliphatic carbocycles. The summed E-state index contributed by atoms with van der Waals surface area (Å²) in [6.45, 7) is 4.69. The van der Waals surface area contributed by atoms with E-state index in [4.69, 9.17) is 23.2 Å². The molecule has 2 aromatic rings. The van der Waals surface area contributed by atoms with E-state index < -0.39 is 10.0 Å². The van der Waals surface area contributed by atoms with Crippen molar-refractivity contribution in [3.8, 4) is 0 Å². The molecule has 1 aliphatic rings. The van der Waals surface area contributed by atoms with Crippen LogP contribution in [0.1, 0.15) is 48.9 Å². The van der Waals surface area contributed by atoms with Crippen LogP contribution < -0.4 is 5.32 Å². The molecule has 1 amide bonds. The third-order valence-electron chi connectivity index (χ3n) is 5.81. The Bertz CT molecular complexity index is 997. The van der Waals surface area contributed by atoms with Gasteiger partial charge in [-0.15, -0.1) is 0 Å². The van der Waals surface area contributed by atoms with Crippen LogP contribution in [0.4, 0.5) is 0 Å². The van der Waals surface area contributed by atoms with Crippen molar-refractivity contribution in [2.75, 3.05) is 13.1 Å². The van der Waals surface area contributed by atoms with Gasteiger partial charge in [-0.2, -0.15) is 0 Å². The van der Waals surface area contributed by atoms with Gasteiger partial charge in [0.2, 0.25) is 15.9 Å². The summed E-state index contributed by atoms with van der Waals surface area (Å²) in [6, 6.07) is 13.1. The zero-order valence-electron chi connectivity index (χ0n) is 17.8. The number of nitrogens with zero attached hydrogens (tertiary/aromatic N) is 1. The number of hydrogen-bond donors (Lipinski definition) is 1. The maximum Gasteiger partial charge on any atom is 0.223 e. The number of hydrogen-bond acceptors (Lipinski definition) is 3. The van der Waals surface area contributed by atoms with Crippen molar-refractivity contribution in [1.29, 1.82) is 0 Å². The summed E-state index contributed by atoms with van der Waals surface area (Å²) in [5.41, 5.74) is 2.67. The summed E-state index contributed by atoms with van der Waals surface area (Å²) >= 11 is 12.3. The number of aryl methyl sites for hydroxylation is 1. The van der Waals surface area contributed by atoms with Crippen LogP contribution >= 0.6 is 23.2 Å². The minimum Gasteiger partial charge on any atom is -0.349 e. The predicted molar refractivity (Wildman–Crippen MR) is 126 cm³/mol. The monoisotopic (exact) mass is 482 g/mol. The number of halogens is 2. The van der Waals surface area contributed by atoms with Crippen molar-refractivity contribution in [3.05, 3.63) is 69.2 Å². The molecular weight excluding hydrogens is 455 g/mol. The molecule has 0 radical (unpaired) electrons. The molecule has 0 spiro atoms. The minimum absolute atomic E-state index is 0.0152. The highest BCUT2D eigenvalue weighted by atomic mass is 35.5. The van der Waals surface area contributed by atoms with Crippen LogP contribution in [0.5, 0.6) is 0 Å². The van der Waals surface area contributed by atoms with Crippen molar-refractivity contribution < 1.29 is 13.2 Å². The smallest absolute Gasteiger partial charge is 0.223 e. The van der Waals surface area contributed by atoms with Gasteiger partial charge in [0, 0.05) is 34.6 Å². The molecule has 0 aromatic heterocycles. The molecule has 2 aromatic carbocycles. The Morgan fingerprint density at radius 2 is 1.68 bits per heavy atom. The Morgan fingerprint density at radius 3 is 2.23 bits per heavy atom. The number of carbonyl (C=O) groups is 1. The first kappa shape index (κ1) is 24.1. The Kier molecular flexibility index (Phi) is 8.03. The molecule has 1 fully saturated rings. The summed E-state index contributed by atoms with van der Waals surface area (Å²) in [4.78, 5) is 12.8. The molecular formula is C23H28Cl2N2O3S. The summed E-state index contributed by atoms with van der Waals surface area (Å²) in [5.74, 6) is -0.457. The van der Waals surface area contributed by atoms with E-state index >= 15 is 0 Å². The average molecular weight is 483 g/mol. The normalized spacial score (nSPS) is 16.8. The third-order valence-corrected chi connectivity index (χ3v) is 8.32. The second-order valence-corrected chi connectivity index (χ2v) is 10.8. The van der Waals surface area contributed by atoms with E-state index in [-0.39, 0.29) is 23.6 Å². The van der Waals surface area contributed by atoms with E-state index in [0.717, 1.165) is 12.0 Å². The van der Waals surface area contributed by atoms with Crippen LogP contribution in [-0.2, 0) is 20.6 Å². The molecule has 0 unspecified atom stereocenters. The van der Waals surface area contributed by atoms with Gasteiger partial charge in [-0.1, -0.05) is 66.0 Å². The Hall–Kier alpha value is -1.60. The fourth-order valence-corrected chi connectivity index (χ4v) is 6.16. The van der Waals surface area contributed by atoms with E-state index in [1.54, 1.807) is 18.2 Å². The molecule has 0 saturated carbocycles. The molecule has 8 heteroatoms. The quantitative estimate of drug-likeness (QED) is 0.595. The van der Waals surface area contributed by atoms with E-state index in [1.807, 2.05) is 38.1 Å². The van der Waals surface area contributed by atoms with Crippen LogP contribution in [0.2, 0.25) is 10.0 Å². The van der Waals surface area contributed by atoms with Gasteiger partial charge in [-0.05, 0) is 43.9 Å². The molecule has 168 valence electrons. The summed E-state index contributed by atoms with van der Waals surface area (Å²) < 4.78 is 27.2. The van der Waals surface area contributed by atoms with Gasteiger partial charge in [0.05, 0.1) is 11.8 Å². The molecule has 5 nitrogen and oxygen atoms in total. The maximum absolute atomic E-state index is 12.9. The van der Waals surface area contributed by atoms with Crippen molar-refractivity contribution in [2.24, 2.45) is 5.92 Å². The topological polar surface area (TPSA) is 66.5 Å². The number of rotatable bonds is 7. The van der Waals surface area contributed by atoms with Gasteiger partial charge in [0.25, 0.3) is 0 Å².